The summed E-state index contributed by atoms with van der Waals surface area (Å²) in [5.41, 5.74) is 1.19. The molecule has 0 aliphatic carbocycles. The van der Waals surface area contributed by atoms with E-state index in [1.54, 1.807) is 7.11 Å². The second-order valence-electron chi connectivity index (χ2n) is 3.35. The Bertz CT molecular complexity index is 350. The van der Waals surface area contributed by atoms with Gasteiger partial charge in [-0.05, 0) is 53.3 Å². The molecule has 0 saturated carbocycles. The molecule has 76 valence electrons. The van der Waals surface area contributed by atoms with E-state index in [1.807, 2.05) is 12.1 Å². The van der Waals surface area contributed by atoms with Crippen LogP contribution in [-0.2, 0) is 0 Å². The Morgan fingerprint density at radius 3 is 2.79 bits per heavy atom. The molecule has 1 saturated heterocycles. The van der Waals surface area contributed by atoms with Gasteiger partial charge in [-0.3, -0.25) is 0 Å². The predicted molar refractivity (Wildman–Crippen MR) is 62.7 cm³/mol. The number of halogens is 1. The molecule has 1 aliphatic heterocycles. The van der Waals surface area contributed by atoms with Crippen molar-refractivity contribution >= 4 is 22.6 Å². The molecule has 0 amide bonds. The summed E-state index contributed by atoms with van der Waals surface area (Å²) in [7, 11) is 1.57. The van der Waals surface area contributed by atoms with Gasteiger partial charge < -0.3 is 15.2 Å². The van der Waals surface area contributed by atoms with E-state index in [9.17, 15) is 5.11 Å². The Hall–Kier alpha value is -0.490. The highest BCUT2D eigenvalue weighted by Gasteiger charge is 2.20. The average Bonchev–Trinajstić information content (AvgIpc) is 2.08. The molecular weight excluding hydrogens is 293 g/mol. The molecule has 0 radical (unpaired) electrons. The molecule has 3 nitrogen and oxygen atoms in total. The number of phenols is 1. The van der Waals surface area contributed by atoms with Crippen molar-refractivity contribution < 1.29 is 9.84 Å². The normalized spacial score (nSPS) is 20.3. The van der Waals surface area contributed by atoms with Crippen LogP contribution in [0.2, 0.25) is 0 Å². The Morgan fingerprint density at radius 1 is 1.57 bits per heavy atom. The fraction of sp³-hybridized carbons (Fsp3) is 0.400. The van der Waals surface area contributed by atoms with Gasteiger partial charge in [0.2, 0.25) is 0 Å². The summed E-state index contributed by atoms with van der Waals surface area (Å²) < 4.78 is 5.94. The summed E-state index contributed by atoms with van der Waals surface area (Å²) in [6, 6.07) is 4.32. The maximum Gasteiger partial charge on any atom is 0.171 e. The zero-order valence-corrected chi connectivity index (χ0v) is 10.0. The van der Waals surface area contributed by atoms with Gasteiger partial charge in [0.05, 0.1) is 10.7 Å². The van der Waals surface area contributed by atoms with Crippen molar-refractivity contribution in [3.63, 3.8) is 0 Å². The fourth-order valence-electron chi connectivity index (χ4n) is 1.52. The highest BCUT2D eigenvalue weighted by molar-refractivity contribution is 14.1. The van der Waals surface area contributed by atoms with Crippen molar-refractivity contribution in [1.29, 1.82) is 0 Å². The lowest BCUT2D eigenvalue weighted by atomic mass is 9.98. The predicted octanol–water partition coefficient (Wildman–Crippen LogP) is 2.04. The minimum Gasteiger partial charge on any atom is -0.504 e. The third-order valence-corrected chi connectivity index (χ3v) is 3.32. The first-order valence-corrected chi connectivity index (χ1v) is 5.60. The van der Waals surface area contributed by atoms with Crippen molar-refractivity contribution in [3.05, 3.63) is 21.3 Å². The third-order valence-electron chi connectivity index (χ3n) is 2.50. The molecule has 0 bridgehead atoms. The standard InChI is InChI=1S/C10H12INO2/c1-14-9-5-6(8-2-3-12-8)4-7(11)10(9)13/h4-5,8,12-13H,2-3H2,1H3/t8-/m1/s1. The van der Waals surface area contributed by atoms with E-state index in [-0.39, 0.29) is 5.75 Å². The number of rotatable bonds is 2. The number of hydrogen-bond acceptors (Lipinski definition) is 3. The van der Waals surface area contributed by atoms with Crippen molar-refractivity contribution in [1.82, 2.24) is 5.32 Å². The molecule has 1 aromatic rings. The average molecular weight is 305 g/mol. The molecule has 0 unspecified atom stereocenters. The largest absolute Gasteiger partial charge is 0.504 e. The van der Waals surface area contributed by atoms with Crippen LogP contribution in [0.5, 0.6) is 11.5 Å². The van der Waals surface area contributed by atoms with Crippen LogP contribution in [0, 0.1) is 3.57 Å². The van der Waals surface area contributed by atoms with Crippen molar-refractivity contribution in [2.75, 3.05) is 13.7 Å². The first-order valence-electron chi connectivity index (χ1n) is 4.52. The SMILES string of the molecule is COc1cc([C@H]2CCN2)cc(I)c1O. The lowest BCUT2D eigenvalue weighted by Crippen LogP contribution is -2.34. The Kier molecular flexibility index (Phi) is 2.83. The molecule has 1 heterocycles. The van der Waals surface area contributed by atoms with Crippen molar-refractivity contribution in [2.45, 2.75) is 12.5 Å². The molecule has 0 spiro atoms. The van der Waals surface area contributed by atoms with E-state index in [0.717, 1.165) is 16.5 Å². The zero-order chi connectivity index (χ0) is 10.1. The Morgan fingerprint density at radius 2 is 2.29 bits per heavy atom. The van der Waals surface area contributed by atoms with Crippen LogP contribution in [-0.4, -0.2) is 18.8 Å². The lowest BCUT2D eigenvalue weighted by Gasteiger charge is -2.28. The van der Waals surface area contributed by atoms with E-state index in [1.165, 1.54) is 5.56 Å². The molecule has 0 aromatic heterocycles. The topological polar surface area (TPSA) is 41.5 Å². The van der Waals surface area contributed by atoms with Gasteiger partial charge in [0.1, 0.15) is 0 Å². The molecule has 1 atom stereocenters. The van der Waals surface area contributed by atoms with E-state index in [0.29, 0.717) is 11.8 Å². The van der Waals surface area contributed by atoms with Crippen LogP contribution in [0.4, 0.5) is 0 Å². The second kappa shape index (κ2) is 3.94. The number of hydrogen-bond donors (Lipinski definition) is 2. The van der Waals surface area contributed by atoms with E-state index >= 15 is 0 Å². The van der Waals surface area contributed by atoms with Crippen molar-refractivity contribution in [2.24, 2.45) is 0 Å². The van der Waals surface area contributed by atoms with Crippen LogP contribution < -0.4 is 10.1 Å². The van der Waals surface area contributed by atoms with Crippen LogP contribution in [0.1, 0.15) is 18.0 Å². The molecule has 1 aliphatic rings. The first kappa shape index (κ1) is 10.0. The van der Waals surface area contributed by atoms with Crippen LogP contribution in [0.3, 0.4) is 0 Å². The summed E-state index contributed by atoms with van der Waals surface area (Å²) in [6.45, 7) is 1.07. The molecular formula is C10H12INO2. The van der Waals surface area contributed by atoms with E-state index in [4.69, 9.17) is 4.74 Å². The maximum absolute atomic E-state index is 9.64. The van der Waals surface area contributed by atoms with Gasteiger partial charge in [0, 0.05) is 6.04 Å². The van der Waals surface area contributed by atoms with E-state index < -0.39 is 0 Å². The molecule has 1 fully saturated rings. The number of nitrogens with one attached hydrogen (secondary N) is 1. The summed E-state index contributed by atoms with van der Waals surface area (Å²) in [6.07, 6.45) is 1.16. The summed E-state index contributed by atoms with van der Waals surface area (Å²) in [4.78, 5) is 0. The number of benzene rings is 1. The molecule has 4 heteroatoms. The summed E-state index contributed by atoms with van der Waals surface area (Å²) in [5, 5.41) is 13.0. The van der Waals surface area contributed by atoms with Gasteiger partial charge >= 0.3 is 0 Å². The maximum atomic E-state index is 9.64. The van der Waals surface area contributed by atoms with Crippen LogP contribution >= 0.6 is 22.6 Å². The number of methoxy groups -OCH3 is 1. The van der Waals surface area contributed by atoms with Gasteiger partial charge in [0.15, 0.2) is 11.5 Å². The molecule has 1 aromatic carbocycles. The van der Waals surface area contributed by atoms with Crippen molar-refractivity contribution in [3.8, 4) is 11.5 Å². The highest BCUT2D eigenvalue weighted by atomic mass is 127. The van der Waals surface area contributed by atoms with Crippen LogP contribution in [0.15, 0.2) is 12.1 Å². The Balaban J connectivity index is 2.37. The second-order valence-corrected chi connectivity index (χ2v) is 4.51. The minimum atomic E-state index is 0.233. The first-order chi connectivity index (χ1) is 6.72. The quantitative estimate of drug-likeness (QED) is 0.822. The van der Waals surface area contributed by atoms with Gasteiger partial charge in [0.25, 0.3) is 0 Å². The number of aromatic hydroxyl groups is 1. The summed E-state index contributed by atoms with van der Waals surface area (Å²) >= 11 is 2.11. The molecule has 2 rings (SSSR count). The molecule has 2 N–H and O–H groups in total. The highest BCUT2D eigenvalue weighted by Crippen LogP contribution is 2.36. The smallest absolute Gasteiger partial charge is 0.171 e. The minimum absolute atomic E-state index is 0.233. The van der Waals surface area contributed by atoms with E-state index in [2.05, 4.69) is 27.9 Å². The number of ether oxygens (including phenoxy) is 1. The molecule has 14 heavy (non-hydrogen) atoms. The fourth-order valence-corrected chi connectivity index (χ4v) is 2.15. The van der Waals surface area contributed by atoms with Gasteiger partial charge in [-0.15, -0.1) is 0 Å². The third kappa shape index (κ3) is 1.68. The monoisotopic (exact) mass is 305 g/mol. The summed E-state index contributed by atoms with van der Waals surface area (Å²) in [5.74, 6) is 0.789. The van der Waals surface area contributed by atoms with Crippen LogP contribution in [0.25, 0.3) is 0 Å². The van der Waals surface area contributed by atoms with Gasteiger partial charge in [-0.1, -0.05) is 0 Å². The Labute approximate surface area is 96.6 Å². The number of phenolic OH excluding ortho intramolecular Hbond substituents is 1. The zero-order valence-electron chi connectivity index (χ0n) is 7.88. The van der Waals surface area contributed by atoms with Gasteiger partial charge in [-0.2, -0.15) is 0 Å². The van der Waals surface area contributed by atoms with Gasteiger partial charge in [-0.25, -0.2) is 0 Å². The lowest BCUT2D eigenvalue weighted by molar-refractivity contribution is 0.360.